The van der Waals surface area contributed by atoms with Crippen LogP contribution in [-0.2, 0) is 0 Å². The molecule has 1 amide bonds. The van der Waals surface area contributed by atoms with Crippen LogP contribution in [0.25, 0.3) is 0 Å². The van der Waals surface area contributed by atoms with Gasteiger partial charge in [0, 0.05) is 17.6 Å². The van der Waals surface area contributed by atoms with E-state index in [-0.39, 0.29) is 18.3 Å². The lowest BCUT2D eigenvalue weighted by molar-refractivity contribution is 0.0914. The van der Waals surface area contributed by atoms with Gasteiger partial charge in [-0.05, 0) is 46.8 Å². The molecular weight excluding hydrogens is 332 g/mol. The zero-order chi connectivity index (χ0) is 17.5. The predicted molar refractivity (Wildman–Crippen MR) is 97.8 cm³/mol. The molecule has 0 heterocycles. The Labute approximate surface area is 150 Å². The molecule has 0 fully saturated rings. The summed E-state index contributed by atoms with van der Waals surface area (Å²) in [5, 5.41) is 2.90. The van der Waals surface area contributed by atoms with Gasteiger partial charge < -0.3 is 25.3 Å². The van der Waals surface area contributed by atoms with Crippen LogP contribution in [0.3, 0.4) is 0 Å². The number of nitrogens with two attached hydrogens (primary N) is 1. The van der Waals surface area contributed by atoms with Crippen LogP contribution < -0.4 is 25.3 Å². The quantitative estimate of drug-likeness (QED) is 0.707. The van der Waals surface area contributed by atoms with Crippen LogP contribution in [0.2, 0.25) is 0 Å². The van der Waals surface area contributed by atoms with E-state index in [2.05, 4.69) is 5.32 Å². The number of nitrogens with one attached hydrogen (secondary N) is 1. The summed E-state index contributed by atoms with van der Waals surface area (Å²) in [6.07, 6.45) is 0. The Morgan fingerprint density at radius 3 is 1.88 bits per heavy atom. The van der Waals surface area contributed by atoms with Crippen molar-refractivity contribution < 1.29 is 19.0 Å². The molecule has 6 nitrogen and oxygen atoms in total. The highest BCUT2D eigenvalue weighted by Crippen LogP contribution is 2.39. The smallest absolute Gasteiger partial charge is 0.252 e. The van der Waals surface area contributed by atoms with Crippen LogP contribution in [0.4, 0.5) is 0 Å². The molecule has 1 aromatic rings. The van der Waals surface area contributed by atoms with Gasteiger partial charge in [-0.15, -0.1) is 12.4 Å². The Bertz CT molecular complexity index is 508. The molecule has 0 unspecified atom stereocenters. The molecule has 0 bridgehead atoms. The maximum atomic E-state index is 12.5. The van der Waals surface area contributed by atoms with Crippen LogP contribution in [0.5, 0.6) is 17.2 Å². The van der Waals surface area contributed by atoms with Crippen molar-refractivity contribution in [1.82, 2.24) is 5.32 Å². The van der Waals surface area contributed by atoms with Gasteiger partial charge in [0.25, 0.3) is 5.91 Å². The second-order valence-corrected chi connectivity index (χ2v) is 5.64. The lowest BCUT2D eigenvalue weighted by Crippen LogP contribution is -2.48. The van der Waals surface area contributed by atoms with Crippen molar-refractivity contribution in [2.24, 2.45) is 5.73 Å². The average Bonchev–Trinajstić information content (AvgIpc) is 2.50. The largest absolute Gasteiger partial charge is 0.490 e. The molecule has 0 aliphatic carbocycles. The number of rotatable bonds is 9. The fourth-order valence-electron chi connectivity index (χ4n) is 1.95. The zero-order valence-electron chi connectivity index (χ0n) is 15.1. The minimum Gasteiger partial charge on any atom is -0.490 e. The zero-order valence-corrected chi connectivity index (χ0v) is 15.9. The minimum atomic E-state index is -0.493. The molecule has 0 saturated carbocycles. The molecule has 0 aliphatic heterocycles. The van der Waals surface area contributed by atoms with Crippen molar-refractivity contribution in [3.05, 3.63) is 17.7 Å². The molecule has 0 radical (unpaired) electrons. The summed E-state index contributed by atoms with van der Waals surface area (Å²) in [6, 6.07) is 3.33. The van der Waals surface area contributed by atoms with Crippen LogP contribution in [0.1, 0.15) is 45.0 Å². The fourth-order valence-corrected chi connectivity index (χ4v) is 1.95. The molecule has 0 aromatic heterocycles. The highest BCUT2D eigenvalue weighted by atomic mass is 35.5. The average molecular weight is 361 g/mol. The number of benzene rings is 1. The Hall–Kier alpha value is -1.66. The van der Waals surface area contributed by atoms with Crippen LogP contribution in [-0.4, -0.2) is 37.8 Å². The summed E-state index contributed by atoms with van der Waals surface area (Å²) in [7, 11) is 0. The fraction of sp³-hybridized carbons (Fsp3) is 0.588. The topological polar surface area (TPSA) is 82.8 Å². The van der Waals surface area contributed by atoms with Crippen molar-refractivity contribution in [2.75, 3.05) is 26.4 Å². The van der Waals surface area contributed by atoms with Gasteiger partial charge in [0.2, 0.25) is 5.75 Å². The second kappa shape index (κ2) is 10.3. The van der Waals surface area contributed by atoms with Crippen molar-refractivity contribution >= 4 is 18.3 Å². The van der Waals surface area contributed by atoms with Crippen LogP contribution in [0.15, 0.2) is 12.1 Å². The van der Waals surface area contributed by atoms with E-state index in [4.69, 9.17) is 19.9 Å². The van der Waals surface area contributed by atoms with E-state index >= 15 is 0 Å². The molecule has 0 aliphatic rings. The number of hydrogen-bond donors (Lipinski definition) is 2. The van der Waals surface area contributed by atoms with Gasteiger partial charge in [0.15, 0.2) is 11.5 Å². The van der Waals surface area contributed by atoms with E-state index in [0.29, 0.717) is 49.2 Å². The Morgan fingerprint density at radius 2 is 1.50 bits per heavy atom. The first kappa shape index (κ1) is 22.3. The van der Waals surface area contributed by atoms with Crippen molar-refractivity contribution in [3.8, 4) is 17.2 Å². The third-order valence-electron chi connectivity index (χ3n) is 3.13. The maximum Gasteiger partial charge on any atom is 0.252 e. The number of carbonyl (C=O) groups excluding carboxylic acids is 1. The van der Waals surface area contributed by atoms with E-state index in [9.17, 15) is 4.79 Å². The monoisotopic (exact) mass is 360 g/mol. The van der Waals surface area contributed by atoms with Gasteiger partial charge in [-0.1, -0.05) is 0 Å². The van der Waals surface area contributed by atoms with Gasteiger partial charge in [0.1, 0.15) is 0 Å². The SMILES string of the molecule is CCOc1cc(C(=O)NC(C)(C)CN)cc(OCC)c1OCC.Cl. The third kappa shape index (κ3) is 6.09. The molecule has 0 saturated heterocycles. The number of ether oxygens (including phenoxy) is 3. The maximum absolute atomic E-state index is 12.5. The van der Waals surface area contributed by atoms with Crippen molar-refractivity contribution in [2.45, 2.75) is 40.2 Å². The summed E-state index contributed by atoms with van der Waals surface area (Å²) >= 11 is 0. The first-order chi connectivity index (χ1) is 10.9. The number of carbonyl (C=O) groups is 1. The third-order valence-corrected chi connectivity index (χ3v) is 3.13. The van der Waals surface area contributed by atoms with Gasteiger partial charge >= 0.3 is 0 Å². The Morgan fingerprint density at radius 1 is 1.04 bits per heavy atom. The predicted octanol–water partition coefficient (Wildman–Crippen LogP) is 2.77. The number of halogens is 1. The molecule has 138 valence electrons. The standard InChI is InChI=1S/C17H28N2O4.ClH/c1-6-21-13-9-12(16(20)19-17(4,5)11-18)10-14(22-7-2)15(13)23-8-3;/h9-10H,6-8,11,18H2,1-5H3,(H,19,20);1H. The van der Waals surface area contributed by atoms with Crippen LogP contribution in [0, 0.1) is 0 Å². The molecule has 0 spiro atoms. The molecule has 3 N–H and O–H groups in total. The van der Waals surface area contributed by atoms with E-state index in [1.165, 1.54) is 0 Å². The molecule has 1 aromatic carbocycles. The van der Waals surface area contributed by atoms with Gasteiger partial charge in [-0.2, -0.15) is 0 Å². The first-order valence-electron chi connectivity index (χ1n) is 7.97. The van der Waals surface area contributed by atoms with Gasteiger partial charge in [0.05, 0.1) is 19.8 Å². The summed E-state index contributed by atoms with van der Waals surface area (Å²) < 4.78 is 16.9. The number of amides is 1. The van der Waals surface area contributed by atoms with Gasteiger partial charge in [-0.25, -0.2) is 0 Å². The van der Waals surface area contributed by atoms with Gasteiger partial charge in [-0.3, -0.25) is 4.79 Å². The highest BCUT2D eigenvalue weighted by molar-refractivity contribution is 5.96. The molecular formula is C17H29ClN2O4. The van der Waals surface area contributed by atoms with E-state index < -0.39 is 5.54 Å². The Balaban J connectivity index is 0.00000529. The van der Waals surface area contributed by atoms with E-state index in [1.807, 2.05) is 34.6 Å². The molecule has 24 heavy (non-hydrogen) atoms. The van der Waals surface area contributed by atoms with E-state index in [1.54, 1.807) is 12.1 Å². The normalized spacial score (nSPS) is 10.6. The number of hydrogen-bond acceptors (Lipinski definition) is 5. The summed E-state index contributed by atoms with van der Waals surface area (Å²) in [6.45, 7) is 11.1. The van der Waals surface area contributed by atoms with E-state index in [0.717, 1.165) is 0 Å². The lowest BCUT2D eigenvalue weighted by atomic mass is 10.0. The first-order valence-corrected chi connectivity index (χ1v) is 7.97. The second-order valence-electron chi connectivity index (χ2n) is 5.64. The van der Waals surface area contributed by atoms with Crippen molar-refractivity contribution in [3.63, 3.8) is 0 Å². The lowest BCUT2D eigenvalue weighted by Gasteiger charge is -2.25. The molecule has 1 rings (SSSR count). The highest BCUT2D eigenvalue weighted by Gasteiger charge is 2.22. The van der Waals surface area contributed by atoms with Crippen molar-refractivity contribution in [1.29, 1.82) is 0 Å². The van der Waals surface area contributed by atoms with Crippen LogP contribution >= 0.6 is 12.4 Å². The summed E-state index contributed by atoms with van der Waals surface area (Å²) in [5.41, 5.74) is 5.62. The summed E-state index contributed by atoms with van der Waals surface area (Å²) in [5.74, 6) is 1.28. The molecule has 7 heteroatoms. The molecule has 0 atom stereocenters. The summed E-state index contributed by atoms with van der Waals surface area (Å²) in [4.78, 5) is 12.5. The Kier molecular flexibility index (Phi) is 9.55. The minimum absolute atomic E-state index is 0.